The molecule has 0 radical (unpaired) electrons. The van der Waals surface area contributed by atoms with Crippen molar-refractivity contribution < 1.29 is 14.0 Å². The number of likely N-dealkylation sites (tertiary alicyclic amines) is 1. The number of nitrogens with zero attached hydrogens (tertiary/aromatic N) is 1. The molecular formula is C15H19FN4O2S. The zero-order chi connectivity index (χ0) is 16.7. The molecular weight excluding hydrogens is 319 g/mol. The maximum atomic E-state index is 13.5. The average Bonchev–Trinajstić information content (AvgIpc) is 2.73. The van der Waals surface area contributed by atoms with Crippen LogP contribution in [0, 0.1) is 5.82 Å². The lowest BCUT2D eigenvalue weighted by Gasteiger charge is -2.20. The van der Waals surface area contributed by atoms with Crippen LogP contribution in [0.1, 0.15) is 25.7 Å². The number of hydrogen-bond acceptors (Lipinski definition) is 3. The van der Waals surface area contributed by atoms with Crippen molar-refractivity contribution in [3.63, 3.8) is 0 Å². The number of para-hydroxylation sites is 1. The zero-order valence-corrected chi connectivity index (χ0v) is 13.4. The van der Waals surface area contributed by atoms with Crippen LogP contribution in [0.2, 0.25) is 0 Å². The minimum absolute atomic E-state index is 0.00953. The van der Waals surface area contributed by atoms with Crippen LogP contribution < -0.4 is 16.2 Å². The van der Waals surface area contributed by atoms with Gasteiger partial charge in [-0.05, 0) is 37.2 Å². The van der Waals surface area contributed by atoms with Crippen LogP contribution in [0.5, 0.6) is 0 Å². The van der Waals surface area contributed by atoms with Gasteiger partial charge >= 0.3 is 0 Å². The molecule has 1 aliphatic rings. The fourth-order valence-corrected chi connectivity index (χ4v) is 2.42. The van der Waals surface area contributed by atoms with Gasteiger partial charge in [-0.25, -0.2) is 4.39 Å². The molecule has 0 unspecified atom stereocenters. The number of hydrogen-bond donors (Lipinski definition) is 3. The summed E-state index contributed by atoms with van der Waals surface area (Å²) in [5.41, 5.74) is 5.11. The fourth-order valence-electron chi connectivity index (χ4n) is 2.26. The molecule has 8 heteroatoms. The molecule has 1 aliphatic heterocycles. The third kappa shape index (κ3) is 5.48. The van der Waals surface area contributed by atoms with Crippen molar-refractivity contribution >= 4 is 34.8 Å². The Morgan fingerprint density at radius 1 is 1.22 bits per heavy atom. The molecule has 0 spiro atoms. The van der Waals surface area contributed by atoms with Crippen LogP contribution in [0.4, 0.5) is 10.1 Å². The van der Waals surface area contributed by atoms with E-state index in [0.717, 1.165) is 19.3 Å². The highest BCUT2D eigenvalue weighted by Crippen LogP contribution is 2.12. The van der Waals surface area contributed by atoms with Gasteiger partial charge in [-0.2, -0.15) is 0 Å². The van der Waals surface area contributed by atoms with E-state index in [0.29, 0.717) is 13.0 Å². The first-order valence-corrected chi connectivity index (χ1v) is 7.85. The van der Waals surface area contributed by atoms with Gasteiger partial charge in [0.25, 0.3) is 5.91 Å². The monoisotopic (exact) mass is 338 g/mol. The molecule has 1 saturated heterocycles. The molecule has 1 aromatic carbocycles. The first kappa shape index (κ1) is 17.1. The molecule has 1 aromatic rings. The largest absolute Gasteiger partial charge is 0.333 e. The fraction of sp³-hybridized carbons (Fsp3) is 0.400. The Morgan fingerprint density at radius 3 is 2.78 bits per heavy atom. The van der Waals surface area contributed by atoms with E-state index < -0.39 is 5.82 Å². The van der Waals surface area contributed by atoms with Crippen LogP contribution in [-0.2, 0) is 9.59 Å². The zero-order valence-electron chi connectivity index (χ0n) is 12.6. The molecule has 0 bridgehead atoms. The second-order valence-corrected chi connectivity index (χ2v) is 5.64. The molecule has 0 atom stereocenters. The summed E-state index contributed by atoms with van der Waals surface area (Å²) in [7, 11) is 0. The molecule has 124 valence electrons. The molecule has 6 nitrogen and oxygen atoms in total. The van der Waals surface area contributed by atoms with Crippen molar-refractivity contribution in [1.29, 1.82) is 0 Å². The highest BCUT2D eigenvalue weighted by Gasteiger charge is 2.19. The second-order valence-electron chi connectivity index (χ2n) is 5.23. The number of nitrogens with one attached hydrogen (secondary N) is 3. The minimum atomic E-state index is -0.446. The van der Waals surface area contributed by atoms with Gasteiger partial charge in [-0.1, -0.05) is 18.6 Å². The molecule has 23 heavy (non-hydrogen) atoms. The third-order valence-electron chi connectivity index (χ3n) is 3.44. The molecule has 1 heterocycles. The van der Waals surface area contributed by atoms with Gasteiger partial charge in [-0.3, -0.25) is 20.4 Å². The number of anilines is 1. The number of halogens is 1. The van der Waals surface area contributed by atoms with E-state index in [4.69, 9.17) is 12.2 Å². The second kappa shape index (κ2) is 8.42. The summed E-state index contributed by atoms with van der Waals surface area (Å²) in [4.78, 5) is 25.2. The van der Waals surface area contributed by atoms with Crippen molar-refractivity contribution in [2.24, 2.45) is 0 Å². The van der Waals surface area contributed by atoms with E-state index in [9.17, 15) is 14.0 Å². The molecule has 0 aliphatic carbocycles. The SMILES string of the molecule is O=C(CN1CCCCCC1=O)NNC(=S)Nc1ccccc1F. The molecule has 0 saturated carbocycles. The topological polar surface area (TPSA) is 73.5 Å². The van der Waals surface area contributed by atoms with Crippen molar-refractivity contribution in [1.82, 2.24) is 15.8 Å². The number of carbonyl (C=O) groups excluding carboxylic acids is 2. The average molecular weight is 338 g/mol. The summed E-state index contributed by atoms with van der Waals surface area (Å²) >= 11 is 4.98. The van der Waals surface area contributed by atoms with E-state index in [1.54, 1.807) is 12.1 Å². The number of carbonyl (C=O) groups is 2. The predicted molar refractivity (Wildman–Crippen MR) is 88.9 cm³/mol. The number of thiocarbonyl (C=S) groups is 1. The van der Waals surface area contributed by atoms with E-state index in [2.05, 4.69) is 16.2 Å². The summed E-state index contributed by atoms with van der Waals surface area (Å²) < 4.78 is 13.5. The van der Waals surface area contributed by atoms with Crippen molar-refractivity contribution in [2.45, 2.75) is 25.7 Å². The van der Waals surface area contributed by atoms with Gasteiger partial charge in [0.05, 0.1) is 5.69 Å². The molecule has 1 fully saturated rings. The van der Waals surface area contributed by atoms with E-state index in [1.807, 2.05) is 0 Å². The Bertz CT molecular complexity index is 597. The lowest BCUT2D eigenvalue weighted by molar-refractivity contribution is -0.135. The summed E-state index contributed by atoms with van der Waals surface area (Å²) in [6.45, 7) is 0.568. The van der Waals surface area contributed by atoms with Crippen LogP contribution in [0.15, 0.2) is 24.3 Å². The standard InChI is InChI=1S/C15H19FN4O2S/c16-11-6-3-4-7-12(11)17-15(23)19-18-13(21)10-20-9-5-1-2-8-14(20)22/h3-4,6-7H,1-2,5,8-10H2,(H,18,21)(H2,17,19,23). The molecule has 3 N–H and O–H groups in total. The van der Waals surface area contributed by atoms with Gasteiger partial charge in [-0.15, -0.1) is 0 Å². The van der Waals surface area contributed by atoms with Crippen LogP contribution in [0.3, 0.4) is 0 Å². The van der Waals surface area contributed by atoms with Crippen molar-refractivity contribution in [3.8, 4) is 0 Å². The van der Waals surface area contributed by atoms with Gasteiger partial charge in [0, 0.05) is 13.0 Å². The van der Waals surface area contributed by atoms with Gasteiger partial charge < -0.3 is 10.2 Å². The number of hydrazine groups is 1. The van der Waals surface area contributed by atoms with Crippen LogP contribution in [0.25, 0.3) is 0 Å². The first-order chi connectivity index (χ1) is 11.1. The van der Waals surface area contributed by atoms with Crippen molar-refractivity contribution in [3.05, 3.63) is 30.1 Å². The lowest BCUT2D eigenvalue weighted by Crippen LogP contribution is -2.48. The lowest BCUT2D eigenvalue weighted by atomic mass is 10.2. The number of benzene rings is 1. The summed E-state index contributed by atoms with van der Waals surface area (Å²) in [5.74, 6) is -0.833. The Hall–Kier alpha value is -2.22. The third-order valence-corrected chi connectivity index (χ3v) is 3.65. The summed E-state index contributed by atoms with van der Waals surface area (Å²) in [6.07, 6.45) is 3.25. The van der Waals surface area contributed by atoms with Gasteiger partial charge in [0.1, 0.15) is 12.4 Å². The number of rotatable bonds is 3. The normalized spacial score (nSPS) is 14.8. The Morgan fingerprint density at radius 2 is 2.00 bits per heavy atom. The summed E-state index contributed by atoms with van der Waals surface area (Å²) in [5, 5.41) is 2.70. The quantitative estimate of drug-likeness (QED) is 0.576. The van der Waals surface area contributed by atoms with Gasteiger partial charge in [0.15, 0.2) is 5.11 Å². The molecule has 2 rings (SSSR count). The highest BCUT2D eigenvalue weighted by molar-refractivity contribution is 7.80. The Kier molecular flexibility index (Phi) is 6.28. The highest BCUT2D eigenvalue weighted by atomic mass is 32.1. The Labute approximate surface area is 139 Å². The predicted octanol–water partition coefficient (Wildman–Crippen LogP) is 1.55. The Balaban J connectivity index is 1.76. The van der Waals surface area contributed by atoms with E-state index in [-0.39, 0.29) is 29.2 Å². The van der Waals surface area contributed by atoms with E-state index in [1.165, 1.54) is 17.0 Å². The maximum absolute atomic E-state index is 13.5. The number of amides is 2. The first-order valence-electron chi connectivity index (χ1n) is 7.44. The molecule has 0 aromatic heterocycles. The van der Waals surface area contributed by atoms with Crippen LogP contribution in [-0.4, -0.2) is 34.9 Å². The van der Waals surface area contributed by atoms with E-state index >= 15 is 0 Å². The van der Waals surface area contributed by atoms with Crippen molar-refractivity contribution in [2.75, 3.05) is 18.4 Å². The summed E-state index contributed by atoms with van der Waals surface area (Å²) in [6, 6.07) is 6.06. The van der Waals surface area contributed by atoms with Crippen LogP contribution >= 0.6 is 12.2 Å². The maximum Gasteiger partial charge on any atom is 0.257 e. The minimum Gasteiger partial charge on any atom is -0.333 e. The molecule has 2 amide bonds. The smallest absolute Gasteiger partial charge is 0.257 e. The van der Waals surface area contributed by atoms with Gasteiger partial charge in [0.2, 0.25) is 5.91 Å².